The molecule has 5 nitrogen and oxygen atoms in total. The van der Waals surface area contributed by atoms with Crippen molar-refractivity contribution in [3.63, 3.8) is 0 Å². The first-order chi connectivity index (χ1) is 9.43. The van der Waals surface area contributed by atoms with Crippen molar-refractivity contribution in [3.8, 4) is 5.75 Å². The SMILES string of the molecule is CC(C)(C)C(=O)Nc1ccc(OCCOCCO)cc1. The zero-order chi connectivity index (χ0) is 15.0. The molecule has 0 aliphatic carbocycles. The van der Waals surface area contributed by atoms with Crippen LogP contribution in [0.4, 0.5) is 5.69 Å². The van der Waals surface area contributed by atoms with Crippen molar-refractivity contribution in [1.29, 1.82) is 0 Å². The lowest BCUT2D eigenvalue weighted by Gasteiger charge is -2.17. The van der Waals surface area contributed by atoms with Crippen LogP contribution in [0.3, 0.4) is 0 Å². The Labute approximate surface area is 119 Å². The van der Waals surface area contributed by atoms with Gasteiger partial charge in [-0.1, -0.05) is 20.8 Å². The van der Waals surface area contributed by atoms with E-state index < -0.39 is 5.41 Å². The van der Waals surface area contributed by atoms with Crippen molar-refractivity contribution < 1.29 is 19.4 Å². The monoisotopic (exact) mass is 281 g/mol. The van der Waals surface area contributed by atoms with Gasteiger partial charge in [0, 0.05) is 11.1 Å². The van der Waals surface area contributed by atoms with Gasteiger partial charge in [-0.2, -0.15) is 0 Å². The van der Waals surface area contributed by atoms with Crippen molar-refractivity contribution in [2.45, 2.75) is 20.8 Å². The number of nitrogens with one attached hydrogen (secondary N) is 1. The Bertz CT molecular complexity index is 409. The number of anilines is 1. The van der Waals surface area contributed by atoms with E-state index in [1.807, 2.05) is 20.8 Å². The quantitative estimate of drug-likeness (QED) is 0.751. The van der Waals surface area contributed by atoms with Gasteiger partial charge < -0.3 is 19.9 Å². The molecule has 0 aliphatic heterocycles. The van der Waals surface area contributed by atoms with Gasteiger partial charge in [0.2, 0.25) is 5.91 Å². The number of aliphatic hydroxyl groups excluding tert-OH is 1. The average molecular weight is 281 g/mol. The third-order valence-corrected chi connectivity index (χ3v) is 2.53. The third-order valence-electron chi connectivity index (χ3n) is 2.53. The zero-order valence-corrected chi connectivity index (χ0v) is 12.3. The van der Waals surface area contributed by atoms with Crippen LogP contribution >= 0.6 is 0 Å². The van der Waals surface area contributed by atoms with Gasteiger partial charge in [0.25, 0.3) is 0 Å². The Hall–Kier alpha value is -1.59. The van der Waals surface area contributed by atoms with E-state index in [9.17, 15) is 4.79 Å². The van der Waals surface area contributed by atoms with Gasteiger partial charge in [-0.25, -0.2) is 0 Å². The molecular formula is C15H23NO4. The number of carbonyl (C=O) groups is 1. The first kappa shape index (κ1) is 16.5. The highest BCUT2D eigenvalue weighted by atomic mass is 16.5. The maximum atomic E-state index is 11.8. The van der Waals surface area contributed by atoms with E-state index in [4.69, 9.17) is 14.6 Å². The van der Waals surface area contributed by atoms with Crippen molar-refractivity contribution in [1.82, 2.24) is 0 Å². The fourth-order valence-electron chi connectivity index (χ4n) is 1.34. The van der Waals surface area contributed by atoms with Gasteiger partial charge in [-0.05, 0) is 24.3 Å². The molecule has 0 saturated heterocycles. The largest absolute Gasteiger partial charge is 0.491 e. The molecule has 0 fully saturated rings. The third kappa shape index (κ3) is 6.04. The maximum absolute atomic E-state index is 11.8. The number of benzene rings is 1. The van der Waals surface area contributed by atoms with Gasteiger partial charge in [0.05, 0.1) is 19.8 Å². The van der Waals surface area contributed by atoms with Crippen LogP contribution in [0.5, 0.6) is 5.75 Å². The standard InChI is InChI=1S/C15H23NO4/c1-15(2,3)14(18)16-12-4-6-13(7-5-12)20-11-10-19-9-8-17/h4-7,17H,8-11H2,1-3H3,(H,16,18). The number of ether oxygens (including phenoxy) is 2. The van der Waals surface area contributed by atoms with Crippen LogP contribution in [0.2, 0.25) is 0 Å². The van der Waals surface area contributed by atoms with Crippen LogP contribution in [0, 0.1) is 5.41 Å². The predicted octanol–water partition coefficient (Wildman–Crippen LogP) is 2.06. The van der Waals surface area contributed by atoms with E-state index in [2.05, 4.69) is 5.32 Å². The minimum Gasteiger partial charge on any atom is -0.491 e. The molecule has 0 aliphatic rings. The summed E-state index contributed by atoms with van der Waals surface area (Å²) in [6.45, 7) is 6.80. The second-order valence-corrected chi connectivity index (χ2v) is 5.41. The predicted molar refractivity (Wildman–Crippen MR) is 77.9 cm³/mol. The molecule has 1 rings (SSSR count). The van der Waals surface area contributed by atoms with Gasteiger partial charge in [-0.15, -0.1) is 0 Å². The molecule has 0 spiro atoms. The molecule has 5 heteroatoms. The molecule has 0 aromatic heterocycles. The summed E-state index contributed by atoms with van der Waals surface area (Å²) >= 11 is 0. The molecule has 0 saturated carbocycles. The molecule has 0 radical (unpaired) electrons. The molecule has 20 heavy (non-hydrogen) atoms. The molecule has 0 unspecified atom stereocenters. The van der Waals surface area contributed by atoms with Crippen LogP contribution in [-0.2, 0) is 9.53 Å². The second kappa shape index (κ2) is 7.87. The Morgan fingerprint density at radius 1 is 1.15 bits per heavy atom. The molecule has 112 valence electrons. The lowest BCUT2D eigenvalue weighted by Crippen LogP contribution is -2.27. The lowest BCUT2D eigenvalue weighted by molar-refractivity contribution is -0.123. The highest BCUT2D eigenvalue weighted by Gasteiger charge is 2.20. The van der Waals surface area contributed by atoms with Crippen LogP contribution in [0.25, 0.3) is 0 Å². The fourth-order valence-corrected chi connectivity index (χ4v) is 1.34. The van der Waals surface area contributed by atoms with Crippen LogP contribution in [-0.4, -0.2) is 37.4 Å². The van der Waals surface area contributed by atoms with E-state index in [1.165, 1.54) is 0 Å². The van der Waals surface area contributed by atoms with Gasteiger partial charge in [0.15, 0.2) is 0 Å². The Balaban J connectivity index is 2.39. The number of aliphatic hydroxyl groups is 1. The van der Waals surface area contributed by atoms with E-state index in [1.54, 1.807) is 24.3 Å². The summed E-state index contributed by atoms with van der Waals surface area (Å²) < 4.78 is 10.5. The smallest absolute Gasteiger partial charge is 0.229 e. The molecule has 0 atom stereocenters. The lowest BCUT2D eigenvalue weighted by atomic mass is 9.95. The summed E-state index contributed by atoms with van der Waals surface area (Å²) in [6.07, 6.45) is 0. The van der Waals surface area contributed by atoms with Gasteiger partial charge >= 0.3 is 0 Å². The van der Waals surface area contributed by atoms with Gasteiger partial charge in [-0.3, -0.25) is 4.79 Å². The zero-order valence-electron chi connectivity index (χ0n) is 12.3. The van der Waals surface area contributed by atoms with E-state index in [0.29, 0.717) is 25.6 Å². The number of hydrogen-bond acceptors (Lipinski definition) is 4. The topological polar surface area (TPSA) is 67.8 Å². The number of rotatable bonds is 7. The number of hydrogen-bond donors (Lipinski definition) is 2. The summed E-state index contributed by atoms with van der Waals surface area (Å²) in [5.74, 6) is 0.690. The van der Waals surface area contributed by atoms with Gasteiger partial charge in [0.1, 0.15) is 12.4 Å². The molecular weight excluding hydrogens is 258 g/mol. The second-order valence-electron chi connectivity index (χ2n) is 5.41. The first-order valence-corrected chi connectivity index (χ1v) is 6.66. The fraction of sp³-hybridized carbons (Fsp3) is 0.533. The Morgan fingerprint density at radius 2 is 1.80 bits per heavy atom. The molecule has 1 aromatic rings. The summed E-state index contributed by atoms with van der Waals surface area (Å²) in [4.78, 5) is 11.8. The minimum absolute atomic E-state index is 0.0160. The first-order valence-electron chi connectivity index (χ1n) is 6.66. The van der Waals surface area contributed by atoms with Crippen LogP contribution in [0.15, 0.2) is 24.3 Å². The van der Waals surface area contributed by atoms with Crippen molar-refractivity contribution >= 4 is 11.6 Å². The van der Waals surface area contributed by atoms with E-state index in [-0.39, 0.29) is 12.5 Å². The summed E-state index contributed by atoms with van der Waals surface area (Å²) in [5.41, 5.74) is 0.327. The average Bonchev–Trinajstić information content (AvgIpc) is 2.39. The van der Waals surface area contributed by atoms with Crippen molar-refractivity contribution in [3.05, 3.63) is 24.3 Å². The highest BCUT2D eigenvalue weighted by molar-refractivity contribution is 5.94. The van der Waals surface area contributed by atoms with Crippen LogP contribution < -0.4 is 10.1 Å². The Kier molecular flexibility index (Phi) is 6.48. The molecule has 2 N–H and O–H groups in total. The van der Waals surface area contributed by atoms with Crippen LogP contribution in [0.1, 0.15) is 20.8 Å². The van der Waals surface area contributed by atoms with E-state index >= 15 is 0 Å². The maximum Gasteiger partial charge on any atom is 0.229 e. The van der Waals surface area contributed by atoms with Crippen molar-refractivity contribution in [2.24, 2.45) is 5.41 Å². The van der Waals surface area contributed by atoms with Crippen molar-refractivity contribution in [2.75, 3.05) is 31.7 Å². The highest BCUT2D eigenvalue weighted by Crippen LogP contribution is 2.19. The normalized spacial score (nSPS) is 11.2. The minimum atomic E-state index is -0.417. The summed E-state index contributed by atoms with van der Waals surface area (Å²) in [6, 6.07) is 7.19. The molecule has 0 bridgehead atoms. The molecule has 1 aromatic carbocycles. The summed E-state index contributed by atoms with van der Waals surface area (Å²) in [7, 11) is 0. The number of amides is 1. The molecule has 1 amide bonds. The molecule has 0 heterocycles. The summed E-state index contributed by atoms with van der Waals surface area (Å²) in [5, 5.41) is 11.4. The number of carbonyl (C=O) groups excluding carboxylic acids is 1. The van der Waals surface area contributed by atoms with E-state index in [0.717, 1.165) is 5.69 Å². The Morgan fingerprint density at radius 3 is 2.35 bits per heavy atom.